The number of methoxy groups -OCH3 is 1. The van der Waals surface area contributed by atoms with Gasteiger partial charge in [0.05, 0.1) is 7.11 Å². The van der Waals surface area contributed by atoms with Crippen LogP contribution in [0.3, 0.4) is 0 Å². The SMILES string of the molecule is COC(=O)/C=C/c1ccc(C=O)c(C)c1. The summed E-state index contributed by atoms with van der Waals surface area (Å²) in [6.07, 6.45) is 3.80. The number of hydrogen-bond donors (Lipinski definition) is 0. The second-order valence-corrected chi connectivity index (χ2v) is 3.09. The smallest absolute Gasteiger partial charge is 0.330 e. The van der Waals surface area contributed by atoms with Crippen LogP contribution in [-0.4, -0.2) is 19.4 Å². The van der Waals surface area contributed by atoms with Crippen molar-refractivity contribution < 1.29 is 14.3 Å². The average molecular weight is 204 g/mol. The molecule has 0 spiro atoms. The minimum atomic E-state index is -0.396. The highest BCUT2D eigenvalue weighted by Crippen LogP contribution is 2.10. The van der Waals surface area contributed by atoms with Gasteiger partial charge in [0.1, 0.15) is 6.29 Å². The Morgan fingerprint density at radius 1 is 1.40 bits per heavy atom. The van der Waals surface area contributed by atoms with Crippen LogP contribution in [0.4, 0.5) is 0 Å². The molecule has 0 bridgehead atoms. The molecule has 0 aliphatic heterocycles. The first kappa shape index (κ1) is 11.2. The van der Waals surface area contributed by atoms with Crippen LogP contribution in [0.15, 0.2) is 24.3 Å². The van der Waals surface area contributed by atoms with Gasteiger partial charge in [-0.25, -0.2) is 4.79 Å². The summed E-state index contributed by atoms with van der Waals surface area (Å²) in [6.45, 7) is 1.85. The summed E-state index contributed by atoms with van der Waals surface area (Å²) in [7, 11) is 1.33. The normalized spacial score (nSPS) is 10.3. The Bertz CT molecular complexity index is 405. The van der Waals surface area contributed by atoms with E-state index in [1.54, 1.807) is 18.2 Å². The van der Waals surface area contributed by atoms with E-state index in [2.05, 4.69) is 4.74 Å². The Morgan fingerprint density at radius 3 is 2.67 bits per heavy atom. The quantitative estimate of drug-likeness (QED) is 0.429. The van der Waals surface area contributed by atoms with Crippen molar-refractivity contribution in [3.63, 3.8) is 0 Å². The molecular formula is C12H12O3. The molecule has 0 saturated carbocycles. The average Bonchev–Trinajstić information content (AvgIpc) is 2.26. The molecule has 0 heterocycles. The van der Waals surface area contributed by atoms with Crippen molar-refractivity contribution in [2.24, 2.45) is 0 Å². The van der Waals surface area contributed by atoms with Gasteiger partial charge in [-0.2, -0.15) is 0 Å². The highest BCUT2D eigenvalue weighted by Gasteiger charge is 1.97. The van der Waals surface area contributed by atoms with Crippen molar-refractivity contribution in [2.45, 2.75) is 6.92 Å². The Kier molecular flexibility index (Phi) is 3.80. The van der Waals surface area contributed by atoms with Crippen LogP contribution in [0.2, 0.25) is 0 Å². The molecule has 1 aromatic carbocycles. The van der Waals surface area contributed by atoms with Gasteiger partial charge < -0.3 is 4.74 Å². The molecule has 3 heteroatoms. The molecule has 1 aromatic rings. The maximum Gasteiger partial charge on any atom is 0.330 e. The lowest BCUT2D eigenvalue weighted by molar-refractivity contribution is -0.134. The number of carbonyl (C=O) groups is 2. The summed E-state index contributed by atoms with van der Waals surface area (Å²) in [5.41, 5.74) is 2.41. The molecule has 0 saturated heterocycles. The second-order valence-electron chi connectivity index (χ2n) is 3.09. The van der Waals surface area contributed by atoms with Crippen molar-refractivity contribution in [1.29, 1.82) is 0 Å². The molecule has 0 unspecified atom stereocenters. The van der Waals surface area contributed by atoms with E-state index in [9.17, 15) is 9.59 Å². The Morgan fingerprint density at radius 2 is 2.13 bits per heavy atom. The first-order valence-corrected chi connectivity index (χ1v) is 4.49. The fourth-order valence-corrected chi connectivity index (χ4v) is 1.17. The zero-order valence-electron chi connectivity index (χ0n) is 8.69. The van der Waals surface area contributed by atoms with Gasteiger partial charge in [0.15, 0.2) is 0 Å². The zero-order chi connectivity index (χ0) is 11.3. The van der Waals surface area contributed by atoms with Gasteiger partial charge >= 0.3 is 5.97 Å². The lowest BCUT2D eigenvalue weighted by Gasteiger charge is -1.99. The predicted molar refractivity (Wildman–Crippen MR) is 57.6 cm³/mol. The number of aldehydes is 1. The van der Waals surface area contributed by atoms with E-state index in [1.807, 2.05) is 13.0 Å². The van der Waals surface area contributed by atoms with Crippen molar-refractivity contribution in [3.05, 3.63) is 41.0 Å². The van der Waals surface area contributed by atoms with Gasteiger partial charge in [0.25, 0.3) is 0 Å². The highest BCUT2D eigenvalue weighted by atomic mass is 16.5. The van der Waals surface area contributed by atoms with Crippen LogP contribution in [0, 0.1) is 6.92 Å². The fourth-order valence-electron chi connectivity index (χ4n) is 1.17. The third-order valence-corrected chi connectivity index (χ3v) is 2.03. The number of hydrogen-bond acceptors (Lipinski definition) is 3. The molecule has 15 heavy (non-hydrogen) atoms. The molecular weight excluding hydrogens is 192 g/mol. The Hall–Kier alpha value is -1.90. The molecule has 3 nitrogen and oxygen atoms in total. The number of esters is 1. The van der Waals surface area contributed by atoms with Gasteiger partial charge in [-0.15, -0.1) is 0 Å². The van der Waals surface area contributed by atoms with Crippen molar-refractivity contribution >= 4 is 18.3 Å². The number of rotatable bonds is 3. The van der Waals surface area contributed by atoms with Gasteiger partial charge in [-0.05, 0) is 24.1 Å². The minimum absolute atomic E-state index is 0.396. The molecule has 0 N–H and O–H groups in total. The van der Waals surface area contributed by atoms with E-state index >= 15 is 0 Å². The first-order valence-electron chi connectivity index (χ1n) is 4.49. The Balaban J connectivity index is 2.88. The number of ether oxygens (including phenoxy) is 1. The van der Waals surface area contributed by atoms with Crippen LogP contribution in [0.5, 0.6) is 0 Å². The molecule has 0 aromatic heterocycles. The van der Waals surface area contributed by atoms with Crippen molar-refractivity contribution in [3.8, 4) is 0 Å². The summed E-state index contributed by atoms with van der Waals surface area (Å²) in [5, 5.41) is 0. The Labute approximate surface area is 88.4 Å². The largest absolute Gasteiger partial charge is 0.466 e. The van der Waals surface area contributed by atoms with Crippen LogP contribution >= 0.6 is 0 Å². The minimum Gasteiger partial charge on any atom is -0.466 e. The number of aryl methyl sites for hydroxylation is 1. The number of benzene rings is 1. The lowest BCUT2D eigenvalue weighted by atomic mass is 10.1. The van der Waals surface area contributed by atoms with Gasteiger partial charge in [0, 0.05) is 11.6 Å². The van der Waals surface area contributed by atoms with Crippen LogP contribution in [0.1, 0.15) is 21.5 Å². The maximum absolute atomic E-state index is 10.8. The third kappa shape index (κ3) is 3.06. The molecule has 0 fully saturated rings. The summed E-state index contributed by atoms with van der Waals surface area (Å²) < 4.78 is 4.47. The first-order chi connectivity index (χ1) is 7.17. The summed E-state index contributed by atoms with van der Waals surface area (Å²) >= 11 is 0. The fraction of sp³-hybridized carbons (Fsp3) is 0.167. The van der Waals surface area contributed by atoms with Gasteiger partial charge in [-0.1, -0.05) is 18.2 Å². The number of carbonyl (C=O) groups excluding carboxylic acids is 2. The second kappa shape index (κ2) is 5.10. The van der Waals surface area contributed by atoms with E-state index in [1.165, 1.54) is 13.2 Å². The molecule has 78 valence electrons. The highest BCUT2D eigenvalue weighted by molar-refractivity contribution is 5.87. The van der Waals surface area contributed by atoms with Gasteiger partial charge in [-0.3, -0.25) is 4.79 Å². The van der Waals surface area contributed by atoms with Crippen LogP contribution in [-0.2, 0) is 9.53 Å². The maximum atomic E-state index is 10.8. The van der Waals surface area contributed by atoms with E-state index in [0.29, 0.717) is 5.56 Å². The van der Waals surface area contributed by atoms with E-state index in [-0.39, 0.29) is 0 Å². The monoisotopic (exact) mass is 204 g/mol. The molecule has 0 aliphatic carbocycles. The molecule has 0 radical (unpaired) electrons. The third-order valence-electron chi connectivity index (χ3n) is 2.03. The van der Waals surface area contributed by atoms with Crippen LogP contribution < -0.4 is 0 Å². The van der Waals surface area contributed by atoms with E-state index in [0.717, 1.165) is 17.4 Å². The van der Waals surface area contributed by atoms with Crippen molar-refractivity contribution in [1.82, 2.24) is 0 Å². The van der Waals surface area contributed by atoms with E-state index in [4.69, 9.17) is 0 Å². The van der Waals surface area contributed by atoms with E-state index < -0.39 is 5.97 Å². The van der Waals surface area contributed by atoms with Crippen LogP contribution in [0.25, 0.3) is 6.08 Å². The summed E-state index contributed by atoms with van der Waals surface area (Å²) in [4.78, 5) is 21.4. The van der Waals surface area contributed by atoms with Gasteiger partial charge in [0.2, 0.25) is 0 Å². The molecule has 0 amide bonds. The standard InChI is InChI=1S/C12H12O3/c1-9-7-10(3-5-11(9)8-13)4-6-12(14)15-2/h3-8H,1-2H3/b6-4+. The summed E-state index contributed by atoms with van der Waals surface area (Å²) in [5.74, 6) is -0.396. The topological polar surface area (TPSA) is 43.4 Å². The molecule has 0 atom stereocenters. The zero-order valence-corrected chi connectivity index (χ0v) is 8.69. The molecule has 1 rings (SSSR count). The predicted octanol–water partition coefficient (Wildman–Crippen LogP) is 1.99. The lowest BCUT2D eigenvalue weighted by Crippen LogP contribution is -1.93. The summed E-state index contributed by atoms with van der Waals surface area (Å²) in [6, 6.07) is 5.33. The van der Waals surface area contributed by atoms with Crippen molar-refractivity contribution in [2.75, 3.05) is 7.11 Å². The molecule has 0 aliphatic rings.